The summed E-state index contributed by atoms with van der Waals surface area (Å²) in [6.07, 6.45) is 2.54. The summed E-state index contributed by atoms with van der Waals surface area (Å²) in [5.74, 6) is 0. The maximum atomic E-state index is 10.3. The van der Waals surface area contributed by atoms with Gasteiger partial charge in [0.25, 0.3) is 0 Å². The van der Waals surface area contributed by atoms with Crippen molar-refractivity contribution in [3.05, 3.63) is 29.3 Å². The molecule has 0 saturated carbocycles. The van der Waals surface area contributed by atoms with E-state index < -0.39 is 6.10 Å². The van der Waals surface area contributed by atoms with E-state index in [2.05, 4.69) is 29.3 Å². The predicted octanol–water partition coefficient (Wildman–Crippen LogP) is 1.78. The molecule has 1 atom stereocenters. The Hall–Kier alpha value is -1.10. The lowest BCUT2D eigenvalue weighted by Crippen LogP contribution is -2.28. The second-order valence-corrected chi connectivity index (χ2v) is 5.41. The highest BCUT2D eigenvalue weighted by Gasteiger charge is 2.14. The molecule has 0 bridgehead atoms. The van der Waals surface area contributed by atoms with Crippen molar-refractivity contribution in [3.63, 3.8) is 0 Å². The Kier molecular flexibility index (Phi) is 5.83. The van der Waals surface area contributed by atoms with Crippen LogP contribution in [0.2, 0.25) is 0 Å². The van der Waals surface area contributed by atoms with Crippen molar-refractivity contribution in [2.75, 3.05) is 38.1 Å². The largest absolute Gasteiger partial charge is 0.395 e. The topological polar surface area (TPSA) is 55.7 Å². The lowest BCUT2D eigenvalue weighted by atomic mass is 9.97. The smallest absolute Gasteiger partial charge is 0.0802 e. The molecule has 1 aromatic carbocycles. The highest BCUT2D eigenvalue weighted by atomic mass is 16.3. The van der Waals surface area contributed by atoms with Crippen molar-refractivity contribution < 1.29 is 10.2 Å². The third kappa shape index (κ3) is 3.95. The summed E-state index contributed by atoms with van der Waals surface area (Å²) in [6.45, 7) is 5.69. The van der Waals surface area contributed by atoms with E-state index in [0.717, 1.165) is 38.0 Å². The van der Waals surface area contributed by atoms with Crippen LogP contribution in [0.4, 0.5) is 5.69 Å². The molecule has 1 unspecified atom stereocenters. The molecule has 112 valence electrons. The van der Waals surface area contributed by atoms with Crippen molar-refractivity contribution in [2.24, 2.45) is 0 Å². The van der Waals surface area contributed by atoms with Gasteiger partial charge in [-0.25, -0.2) is 0 Å². The van der Waals surface area contributed by atoms with E-state index >= 15 is 0 Å². The summed E-state index contributed by atoms with van der Waals surface area (Å²) >= 11 is 0. The number of benzene rings is 1. The van der Waals surface area contributed by atoms with Gasteiger partial charge in [-0.1, -0.05) is 19.1 Å². The second kappa shape index (κ2) is 7.62. The standard InChI is InChI=1S/C16H26N2O2/c1-2-18(10-11-19)9-7-16(20)14-5-6-15-13(12-14)4-3-8-17-15/h5-6,12,16-17,19-20H,2-4,7-11H2,1H3. The number of fused-ring (bicyclic) bond motifs is 1. The van der Waals surface area contributed by atoms with E-state index in [9.17, 15) is 5.11 Å². The van der Waals surface area contributed by atoms with Crippen LogP contribution in [0.1, 0.15) is 37.0 Å². The SMILES string of the molecule is CCN(CCO)CCC(O)c1ccc2c(c1)CCCN2. The molecular formula is C16H26N2O2. The number of rotatable bonds is 7. The number of likely N-dealkylation sites (N-methyl/N-ethyl adjacent to an activating group) is 1. The number of nitrogens with zero attached hydrogens (tertiary/aromatic N) is 1. The van der Waals surface area contributed by atoms with Gasteiger partial charge in [-0.15, -0.1) is 0 Å². The van der Waals surface area contributed by atoms with Crippen LogP contribution in [0, 0.1) is 0 Å². The summed E-state index contributed by atoms with van der Waals surface area (Å²) in [4.78, 5) is 2.16. The average Bonchev–Trinajstić information content (AvgIpc) is 2.50. The van der Waals surface area contributed by atoms with E-state index in [1.807, 2.05) is 6.07 Å². The number of hydrogen-bond acceptors (Lipinski definition) is 4. The molecule has 0 amide bonds. The molecule has 20 heavy (non-hydrogen) atoms. The van der Waals surface area contributed by atoms with Crippen LogP contribution in [-0.4, -0.2) is 47.9 Å². The molecule has 4 nitrogen and oxygen atoms in total. The van der Waals surface area contributed by atoms with Crippen molar-refractivity contribution in [3.8, 4) is 0 Å². The minimum Gasteiger partial charge on any atom is -0.395 e. The van der Waals surface area contributed by atoms with E-state index in [1.165, 1.54) is 11.3 Å². The van der Waals surface area contributed by atoms with Gasteiger partial charge in [0.2, 0.25) is 0 Å². The van der Waals surface area contributed by atoms with Gasteiger partial charge in [0.15, 0.2) is 0 Å². The lowest BCUT2D eigenvalue weighted by molar-refractivity contribution is 0.133. The summed E-state index contributed by atoms with van der Waals surface area (Å²) in [5, 5.41) is 22.7. The number of aryl methyl sites for hydroxylation is 1. The Morgan fingerprint density at radius 1 is 1.35 bits per heavy atom. The monoisotopic (exact) mass is 278 g/mol. The van der Waals surface area contributed by atoms with E-state index in [-0.39, 0.29) is 6.61 Å². The zero-order valence-corrected chi connectivity index (χ0v) is 12.3. The molecular weight excluding hydrogens is 252 g/mol. The van der Waals surface area contributed by atoms with Crippen molar-refractivity contribution in [2.45, 2.75) is 32.3 Å². The van der Waals surface area contributed by atoms with E-state index in [1.54, 1.807) is 0 Å². The minimum atomic E-state index is -0.421. The lowest BCUT2D eigenvalue weighted by Gasteiger charge is -2.23. The molecule has 0 aliphatic carbocycles. The highest BCUT2D eigenvalue weighted by molar-refractivity contribution is 5.54. The first-order chi connectivity index (χ1) is 9.74. The third-order valence-corrected chi connectivity index (χ3v) is 4.03. The Morgan fingerprint density at radius 2 is 2.20 bits per heavy atom. The van der Waals surface area contributed by atoms with Gasteiger partial charge in [-0.3, -0.25) is 0 Å². The van der Waals surface area contributed by atoms with Crippen LogP contribution in [0.5, 0.6) is 0 Å². The fourth-order valence-electron chi connectivity index (χ4n) is 2.74. The number of aliphatic hydroxyl groups excluding tert-OH is 2. The first-order valence-electron chi connectivity index (χ1n) is 7.62. The van der Waals surface area contributed by atoms with Gasteiger partial charge >= 0.3 is 0 Å². The Labute approximate surface area is 121 Å². The molecule has 0 aromatic heterocycles. The third-order valence-electron chi connectivity index (χ3n) is 4.03. The van der Waals surface area contributed by atoms with Crippen molar-refractivity contribution in [1.29, 1.82) is 0 Å². The number of aliphatic hydroxyl groups is 2. The molecule has 1 aliphatic heterocycles. The van der Waals surface area contributed by atoms with Crippen molar-refractivity contribution in [1.82, 2.24) is 4.90 Å². The molecule has 1 aliphatic rings. The summed E-state index contributed by atoms with van der Waals surface area (Å²) in [5.41, 5.74) is 3.53. The minimum absolute atomic E-state index is 0.175. The molecule has 2 rings (SSSR count). The predicted molar refractivity (Wildman–Crippen MR) is 82.0 cm³/mol. The van der Waals surface area contributed by atoms with Crippen LogP contribution < -0.4 is 5.32 Å². The van der Waals surface area contributed by atoms with Gasteiger partial charge < -0.3 is 20.4 Å². The molecule has 3 N–H and O–H groups in total. The average molecular weight is 278 g/mol. The van der Waals surface area contributed by atoms with Gasteiger partial charge in [-0.2, -0.15) is 0 Å². The zero-order chi connectivity index (χ0) is 14.4. The van der Waals surface area contributed by atoms with Gasteiger partial charge in [-0.05, 0) is 43.0 Å². The van der Waals surface area contributed by atoms with Crippen LogP contribution in [0.15, 0.2) is 18.2 Å². The Bertz CT molecular complexity index is 423. The first kappa shape index (κ1) is 15.3. The first-order valence-corrected chi connectivity index (χ1v) is 7.62. The molecule has 0 saturated heterocycles. The van der Waals surface area contributed by atoms with Gasteiger partial charge in [0, 0.05) is 25.3 Å². The summed E-state index contributed by atoms with van der Waals surface area (Å²) in [6, 6.07) is 6.23. The molecule has 0 fully saturated rings. The normalized spacial score (nSPS) is 15.8. The maximum absolute atomic E-state index is 10.3. The Morgan fingerprint density at radius 3 is 2.95 bits per heavy atom. The van der Waals surface area contributed by atoms with Crippen LogP contribution in [0.3, 0.4) is 0 Å². The van der Waals surface area contributed by atoms with Crippen LogP contribution in [0.25, 0.3) is 0 Å². The molecule has 4 heteroatoms. The van der Waals surface area contributed by atoms with E-state index in [4.69, 9.17) is 5.11 Å². The fraction of sp³-hybridized carbons (Fsp3) is 0.625. The molecule has 1 aromatic rings. The number of hydrogen-bond donors (Lipinski definition) is 3. The highest BCUT2D eigenvalue weighted by Crippen LogP contribution is 2.26. The fourth-order valence-corrected chi connectivity index (χ4v) is 2.74. The molecule has 0 radical (unpaired) electrons. The number of anilines is 1. The van der Waals surface area contributed by atoms with Crippen LogP contribution in [-0.2, 0) is 6.42 Å². The van der Waals surface area contributed by atoms with Crippen molar-refractivity contribution >= 4 is 5.69 Å². The Balaban J connectivity index is 1.93. The summed E-state index contributed by atoms with van der Waals surface area (Å²) in [7, 11) is 0. The molecule has 1 heterocycles. The van der Waals surface area contributed by atoms with Gasteiger partial charge in [0.1, 0.15) is 0 Å². The maximum Gasteiger partial charge on any atom is 0.0802 e. The quantitative estimate of drug-likeness (QED) is 0.711. The second-order valence-electron chi connectivity index (χ2n) is 5.41. The summed E-state index contributed by atoms with van der Waals surface area (Å²) < 4.78 is 0. The van der Waals surface area contributed by atoms with E-state index in [0.29, 0.717) is 13.0 Å². The molecule has 0 spiro atoms. The van der Waals surface area contributed by atoms with Gasteiger partial charge in [0.05, 0.1) is 12.7 Å². The number of nitrogens with one attached hydrogen (secondary N) is 1. The zero-order valence-electron chi connectivity index (χ0n) is 12.3. The van der Waals surface area contributed by atoms with Crippen LogP contribution >= 0.6 is 0 Å².